The molecule has 5 rings (SSSR count). The summed E-state index contributed by atoms with van der Waals surface area (Å²) in [6, 6.07) is 21.2. The molecular formula is C29H21Cl2NO5. The molecule has 2 heterocycles. The molecule has 1 aliphatic heterocycles. The van der Waals surface area contributed by atoms with Gasteiger partial charge < -0.3 is 14.6 Å². The van der Waals surface area contributed by atoms with Crippen LogP contribution in [-0.2, 0) is 11.2 Å². The summed E-state index contributed by atoms with van der Waals surface area (Å²) in [6.45, 7) is 0.304. The van der Waals surface area contributed by atoms with Crippen molar-refractivity contribution < 1.29 is 24.2 Å². The van der Waals surface area contributed by atoms with E-state index in [1.807, 2.05) is 36.4 Å². The van der Waals surface area contributed by atoms with Crippen LogP contribution in [0.3, 0.4) is 0 Å². The molecule has 3 aromatic carbocycles. The molecule has 0 saturated heterocycles. The summed E-state index contributed by atoms with van der Waals surface area (Å²) in [5, 5.41) is 10.4. The number of hydrogen-bond acceptors (Lipinski definition) is 5. The van der Waals surface area contributed by atoms with Crippen LogP contribution in [-0.4, -0.2) is 28.4 Å². The van der Waals surface area contributed by atoms with E-state index in [-0.39, 0.29) is 17.2 Å². The molecule has 0 bridgehead atoms. The Morgan fingerprint density at radius 1 is 1.00 bits per heavy atom. The predicted octanol–water partition coefficient (Wildman–Crippen LogP) is 7.22. The van der Waals surface area contributed by atoms with Crippen LogP contribution in [0.1, 0.15) is 34.0 Å². The molecule has 1 atom stereocenters. The summed E-state index contributed by atoms with van der Waals surface area (Å²) < 4.78 is 11.5. The fraction of sp³-hybridized carbons (Fsp3) is 0.138. The van der Waals surface area contributed by atoms with Gasteiger partial charge in [-0.15, -0.1) is 0 Å². The first-order valence-electron chi connectivity index (χ1n) is 11.6. The van der Waals surface area contributed by atoms with Crippen molar-refractivity contribution in [3.05, 3.63) is 106 Å². The maximum Gasteiger partial charge on any atom is 0.311 e. The fourth-order valence-electron chi connectivity index (χ4n) is 4.25. The fourth-order valence-corrected chi connectivity index (χ4v) is 4.65. The Labute approximate surface area is 223 Å². The second kappa shape index (κ2) is 10.6. The average molecular weight is 534 g/mol. The van der Waals surface area contributed by atoms with Gasteiger partial charge >= 0.3 is 5.97 Å². The number of carbonyl (C=O) groups excluding carboxylic acids is 1. The van der Waals surface area contributed by atoms with E-state index < -0.39 is 11.9 Å². The number of pyridine rings is 1. The van der Waals surface area contributed by atoms with E-state index >= 15 is 0 Å². The van der Waals surface area contributed by atoms with Gasteiger partial charge in [-0.25, -0.2) is 0 Å². The number of carboxylic acids is 1. The van der Waals surface area contributed by atoms with Crippen molar-refractivity contribution in [3.8, 4) is 28.4 Å². The lowest BCUT2D eigenvalue weighted by Gasteiger charge is -2.24. The highest BCUT2D eigenvalue weighted by Crippen LogP contribution is 2.41. The van der Waals surface area contributed by atoms with Gasteiger partial charge in [0.25, 0.3) is 0 Å². The molecule has 0 fully saturated rings. The molecule has 0 spiro atoms. The van der Waals surface area contributed by atoms with Gasteiger partial charge in [-0.05, 0) is 72.1 Å². The maximum atomic E-state index is 12.9. The number of aromatic nitrogens is 1. The van der Waals surface area contributed by atoms with Gasteiger partial charge in [0.1, 0.15) is 17.2 Å². The number of rotatable bonds is 7. The van der Waals surface area contributed by atoms with Crippen LogP contribution in [0.5, 0.6) is 17.2 Å². The molecule has 0 radical (unpaired) electrons. The highest BCUT2D eigenvalue weighted by molar-refractivity contribution is 6.32. The Kier molecular flexibility index (Phi) is 7.12. The minimum Gasteiger partial charge on any atom is -0.493 e. The first kappa shape index (κ1) is 24.8. The topological polar surface area (TPSA) is 85.7 Å². The number of fused-ring (bicyclic) bond motifs is 1. The number of aliphatic carboxylic acids is 1. The lowest BCUT2D eigenvalue weighted by Crippen LogP contribution is -2.20. The van der Waals surface area contributed by atoms with E-state index in [1.54, 1.807) is 42.6 Å². The predicted molar refractivity (Wildman–Crippen MR) is 141 cm³/mol. The molecule has 0 aliphatic carbocycles. The Hall–Kier alpha value is -3.87. The smallest absolute Gasteiger partial charge is 0.311 e. The van der Waals surface area contributed by atoms with Crippen LogP contribution in [0, 0.1) is 0 Å². The molecule has 1 N–H and O–H groups in total. The quantitative estimate of drug-likeness (QED) is 0.252. The van der Waals surface area contributed by atoms with Gasteiger partial charge in [0.05, 0.1) is 24.0 Å². The molecule has 6 nitrogen and oxygen atoms in total. The van der Waals surface area contributed by atoms with Gasteiger partial charge in [0, 0.05) is 34.1 Å². The Morgan fingerprint density at radius 2 is 1.78 bits per heavy atom. The third-order valence-electron chi connectivity index (χ3n) is 6.12. The average Bonchev–Trinajstić information content (AvgIpc) is 2.89. The molecule has 186 valence electrons. The SMILES string of the molecule is O=C(Cc1cc(-c2cccc(Cl)c2)ccn1)c1ccc(Oc2cc3c(cc2Cl)C(C(=O)O)CCO3)cc1. The molecule has 0 amide bonds. The van der Waals surface area contributed by atoms with Crippen LogP contribution in [0.4, 0.5) is 0 Å². The van der Waals surface area contributed by atoms with Crippen molar-refractivity contribution in [1.82, 2.24) is 4.98 Å². The van der Waals surface area contributed by atoms with E-state index in [0.29, 0.717) is 52.1 Å². The summed E-state index contributed by atoms with van der Waals surface area (Å²) in [5.41, 5.74) is 3.60. The van der Waals surface area contributed by atoms with E-state index in [4.69, 9.17) is 32.7 Å². The van der Waals surface area contributed by atoms with Gasteiger partial charge in [-0.2, -0.15) is 0 Å². The second-order valence-corrected chi connectivity index (χ2v) is 9.46. The molecular weight excluding hydrogens is 513 g/mol. The molecule has 1 aromatic heterocycles. The third-order valence-corrected chi connectivity index (χ3v) is 6.65. The number of benzene rings is 3. The van der Waals surface area contributed by atoms with Crippen molar-refractivity contribution >= 4 is 35.0 Å². The van der Waals surface area contributed by atoms with Crippen molar-refractivity contribution in [2.24, 2.45) is 0 Å². The van der Waals surface area contributed by atoms with E-state index in [0.717, 1.165) is 11.1 Å². The lowest BCUT2D eigenvalue weighted by atomic mass is 9.93. The van der Waals surface area contributed by atoms with Crippen LogP contribution in [0.15, 0.2) is 79.0 Å². The van der Waals surface area contributed by atoms with E-state index in [9.17, 15) is 14.7 Å². The number of carbonyl (C=O) groups is 2. The van der Waals surface area contributed by atoms with Crippen molar-refractivity contribution in [3.63, 3.8) is 0 Å². The Balaban J connectivity index is 1.28. The third kappa shape index (κ3) is 5.61. The molecule has 1 unspecified atom stereocenters. The van der Waals surface area contributed by atoms with Gasteiger partial charge in [0.15, 0.2) is 5.78 Å². The zero-order valence-corrected chi connectivity index (χ0v) is 21.0. The zero-order valence-electron chi connectivity index (χ0n) is 19.5. The molecule has 0 saturated carbocycles. The summed E-state index contributed by atoms with van der Waals surface area (Å²) in [7, 11) is 0. The number of halogens is 2. The Morgan fingerprint density at radius 3 is 2.54 bits per heavy atom. The van der Waals surface area contributed by atoms with Crippen molar-refractivity contribution in [2.75, 3.05) is 6.61 Å². The first-order chi connectivity index (χ1) is 17.9. The van der Waals surface area contributed by atoms with Gasteiger partial charge in [-0.1, -0.05) is 35.3 Å². The van der Waals surface area contributed by atoms with Crippen LogP contribution in [0.25, 0.3) is 11.1 Å². The maximum absolute atomic E-state index is 12.9. The highest BCUT2D eigenvalue weighted by atomic mass is 35.5. The first-order valence-corrected chi connectivity index (χ1v) is 12.3. The molecule has 8 heteroatoms. The molecule has 1 aliphatic rings. The Bertz CT molecular complexity index is 1490. The van der Waals surface area contributed by atoms with Crippen LogP contribution in [0.2, 0.25) is 10.0 Å². The minimum absolute atomic E-state index is 0.0813. The minimum atomic E-state index is -0.916. The monoisotopic (exact) mass is 533 g/mol. The summed E-state index contributed by atoms with van der Waals surface area (Å²) >= 11 is 12.5. The normalized spacial score (nSPS) is 14.4. The number of hydrogen-bond donors (Lipinski definition) is 1. The second-order valence-electron chi connectivity index (χ2n) is 8.62. The lowest BCUT2D eigenvalue weighted by molar-refractivity contribution is -0.139. The molecule has 37 heavy (non-hydrogen) atoms. The largest absolute Gasteiger partial charge is 0.493 e. The zero-order chi connectivity index (χ0) is 25.9. The van der Waals surface area contributed by atoms with Crippen LogP contribution >= 0.6 is 23.2 Å². The van der Waals surface area contributed by atoms with E-state index in [1.165, 1.54) is 0 Å². The summed E-state index contributed by atoms with van der Waals surface area (Å²) in [6.07, 6.45) is 2.21. The summed E-state index contributed by atoms with van der Waals surface area (Å²) in [5.74, 6) is -0.403. The number of carboxylic acid groups (broad SMARTS) is 1. The number of ether oxygens (including phenoxy) is 2. The van der Waals surface area contributed by atoms with Crippen molar-refractivity contribution in [1.29, 1.82) is 0 Å². The number of Topliss-reactive ketones (excluding diaryl/α,β-unsaturated/α-hetero) is 1. The van der Waals surface area contributed by atoms with Gasteiger partial charge in [-0.3, -0.25) is 14.6 Å². The highest BCUT2D eigenvalue weighted by Gasteiger charge is 2.29. The molecule has 4 aromatic rings. The van der Waals surface area contributed by atoms with Crippen LogP contribution < -0.4 is 9.47 Å². The van der Waals surface area contributed by atoms with Gasteiger partial charge in [0.2, 0.25) is 0 Å². The summed E-state index contributed by atoms with van der Waals surface area (Å²) in [4.78, 5) is 28.8. The van der Waals surface area contributed by atoms with Crippen molar-refractivity contribution in [2.45, 2.75) is 18.8 Å². The standard InChI is InChI=1S/C29H21Cl2NO5/c30-20-3-1-2-18(12-20)19-8-10-32-21(13-19)14-26(33)17-4-6-22(7-5-17)37-28-16-27-24(15-25(28)31)23(29(34)35)9-11-36-27/h1-8,10,12-13,15-16,23H,9,11,14H2,(H,34,35). The van der Waals surface area contributed by atoms with E-state index in [2.05, 4.69) is 4.98 Å². The number of nitrogens with zero attached hydrogens (tertiary/aromatic N) is 1. The number of ketones is 1.